The van der Waals surface area contributed by atoms with Crippen LogP contribution in [0, 0.1) is 0 Å². The van der Waals surface area contributed by atoms with E-state index in [1.807, 2.05) is 133 Å². The summed E-state index contributed by atoms with van der Waals surface area (Å²) in [6.07, 6.45) is 0. The minimum absolute atomic E-state index is 0.0122. The summed E-state index contributed by atoms with van der Waals surface area (Å²) < 4.78 is 72.5. The number of rotatable bonds is 6. The van der Waals surface area contributed by atoms with Crippen molar-refractivity contribution in [3.8, 4) is 62.1 Å². The summed E-state index contributed by atoms with van der Waals surface area (Å²) in [6.45, 7) is 0. The van der Waals surface area contributed by atoms with Gasteiger partial charge in [-0.3, -0.25) is 0 Å². The average Bonchev–Trinajstić information content (AvgIpc) is 3.68. The predicted octanol–water partition coefficient (Wildman–Crippen LogP) is 12.5. The molecule has 0 bridgehead atoms. The van der Waals surface area contributed by atoms with Crippen LogP contribution in [0.1, 0.15) is 11.0 Å². The van der Waals surface area contributed by atoms with Crippen LogP contribution in [-0.2, 0) is 0 Å². The number of aromatic nitrogens is 4. The molecule has 53 heavy (non-hydrogen) atoms. The maximum atomic E-state index is 9.20. The third-order valence-electron chi connectivity index (χ3n) is 9.45. The second kappa shape index (κ2) is 12.9. The van der Waals surface area contributed by atoms with Gasteiger partial charge in [-0.15, -0.1) is 0 Å². The Balaban J connectivity index is 1.34. The molecule has 0 saturated carbocycles. The molecule has 10 aromatic rings. The molecule has 0 spiro atoms. The molecule has 4 nitrogen and oxygen atoms in total. The fourth-order valence-corrected chi connectivity index (χ4v) is 6.97. The number of benzene rings is 8. The van der Waals surface area contributed by atoms with Crippen molar-refractivity contribution in [1.82, 2.24) is 19.5 Å². The summed E-state index contributed by atoms with van der Waals surface area (Å²) in [5.74, 6) is 1.42. The Morgan fingerprint density at radius 2 is 0.830 bits per heavy atom. The quantitative estimate of drug-likeness (QED) is 0.175. The van der Waals surface area contributed by atoms with Crippen LogP contribution in [-0.4, -0.2) is 19.5 Å². The highest BCUT2D eigenvalue weighted by Gasteiger charge is 2.19. The van der Waals surface area contributed by atoms with Crippen molar-refractivity contribution in [1.29, 1.82) is 0 Å². The molecule has 2 heterocycles. The number of hydrogen-bond acceptors (Lipinski definition) is 3. The topological polar surface area (TPSA) is 43.6 Å². The van der Waals surface area contributed by atoms with E-state index < -0.39 is 24.2 Å². The Morgan fingerprint density at radius 1 is 0.377 bits per heavy atom. The molecule has 0 saturated heterocycles. The summed E-state index contributed by atoms with van der Waals surface area (Å²) in [6, 6.07) is 43.7. The van der Waals surface area contributed by atoms with E-state index in [9.17, 15) is 2.74 Å². The Hall–Kier alpha value is -7.17. The summed E-state index contributed by atoms with van der Waals surface area (Å²) in [7, 11) is 0. The first-order chi connectivity index (χ1) is 29.6. The van der Waals surface area contributed by atoms with E-state index in [-0.39, 0.29) is 46.0 Å². The summed E-state index contributed by atoms with van der Waals surface area (Å²) in [5.41, 5.74) is 5.93. The highest BCUT2D eigenvalue weighted by atomic mass is 15.0. The van der Waals surface area contributed by atoms with Crippen LogP contribution < -0.4 is 0 Å². The second-order valence-electron chi connectivity index (χ2n) is 12.7. The molecule has 0 aliphatic carbocycles. The van der Waals surface area contributed by atoms with E-state index in [0.29, 0.717) is 34.3 Å². The molecule has 0 N–H and O–H groups in total. The molecule has 0 radical (unpaired) electrons. The minimum atomic E-state index is -0.495. The van der Waals surface area contributed by atoms with Crippen molar-refractivity contribution >= 4 is 32.6 Å². The van der Waals surface area contributed by atoms with Gasteiger partial charge in [0.15, 0.2) is 17.5 Å². The van der Waals surface area contributed by atoms with Gasteiger partial charge in [-0.2, -0.15) is 0 Å². The Bertz CT molecular complexity index is 3260. The zero-order valence-electron chi connectivity index (χ0n) is 36.1. The number of para-hydroxylation sites is 2. The summed E-state index contributed by atoms with van der Waals surface area (Å²) in [5, 5.41) is 1.93. The third kappa shape index (κ3) is 5.54. The van der Waals surface area contributed by atoms with Gasteiger partial charge < -0.3 is 4.57 Å². The smallest absolute Gasteiger partial charge is 0.164 e. The lowest BCUT2D eigenvalue weighted by molar-refractivity contribution is 1.07. The first-order valence-electron chi connectivity index (χ1n) is 21.2. The average molecular weight is 685 g/mol. The van der Waals surface area contributed by atoms with Crippen LogP contribution >= 0.6 is 0 Å². The van der Waals surface area contributed by atoms with Crippen molar-refractivity contribution in [3.05, 3.63) is 194 Å². The molecule has 10 rings (SSSR count). The zero-order valence-corrected chi connectivity index (χ0v) is 28.1. The largest absolute Gasteiger partial charge is 0.309 e. The van der Waals surface area contributed by atoms with Crippen LogP contribution in [0.15, 0.2) is 194 Å². The number of nitrogens with zero attached hydrogens (tertiary/aromatic N) is 4. The predicted molar refractivity (Wildman–Crippen MR) is 219 cm³/mol. The molecular weight excluding hydrogens is 645 g/mol. The molecule has 2 aromatic heterocycles. The van der Waals surface area contributed by atoms with Crippen LogP contribution in [0.25, 0.3) is 94.7 Å². The van der Waals surface area contributed by atoms with Crippen LogP contribution in [0.4, 0.5) is 0 Å². The normalized spacial score (nSPS) is 13.5. The van der Waals surface area contributed by atoms with E-state index in [4.69, 9.17) is 23.2 Å². The van der Waals surface area contributed by atoms with E-state index in [1.54, 1.807) is 4.57 Å². The van der Waals surface area contributed by atoms with Gasteiger partial charge in [0.25, 0.3) is 0 Å². The van der Waals surface area contributed by atoms with E-state index in [0.717, 1.165) is 38.6 Å². The van der Waals surface area contributed by atoms with Crippen molar-refractivity contribution in [2.75, 3.05) is 0 Å². The zero-order chi connectivity index (χ0) is 42.1. The lowest BCUT2D eigenvalue weighted by Crippen LogP contribution is -2.01. The summed E-state index contributed by atoms with van der Waals surface area (Å²) in [4.78, 5) is 15.2. The number of fused-ring (bicyclic) bond motifs is 4. The van der Waals surface area contributed by atoms with Gasteiger partial charge in [0.05, 0.1) is 22.0 Å². The molecular formula is C49H32N4. The molecule has 0 atom stereocenters. The SMILES string of the molecule is [2H]c1c([2H])c([2H])c2c(c1[2H])c1c([2H])c([2H])c([2H])c([2H])c1n2-c1cc(-c2ccccc2)cc(-c2cc3ccccc3cc2-c2nc(-c3ccccc3)nc(-c3ccccc3)n2)c1. The molecule has 0 aliphatic rings. The van der Waals surface area contributed by atoms with E-state index in [2.05, 4.69) is 12.1 Å². The first kappa shape index (κ1) is 23.3. The fraction of sp³-hybridized carbons (Fsp3) is 0. The van der Waals surface area contributed by atoms with Gasteiger partial charge in [-0.05, 0) is 75.4 Å². The molecule has 248 valence electrons. The third-order valence-corrected chi connectivity index (χ3v) is 9.45. The second-order valence-corrected chi connectivity index (χ2v) is 12.7. The first-order valence-corrected chi connectivity index (χ1v) is 17.2. The van der Waals surface area contributed by atoms with Gasteiger partial charge >= 0.3 is 0 Å². The van der Waals surface area contributed by atoms with Crippen molar-refractivity contribution in [2.45, 2.75) is 0 Å². The van der Waals surface area contributed by atoms with Crippen LogP contribution in [0.3, 0.4) is 0 Å². The Morgan fingerprint density at radius 3 is 1.40 bits per heavy atom. The highest BCUT2D eigenvalue weighted by molar-refractivity contribution is 6.09. The summed E-state index contributed by atoms with van der Waals surface area (Å²) >= 11 is 0. The van der Waals surface area contributed by atoms with Gasteiger partial charge in [0.1, 0.15) is 0 Å². The number of hydrogen-bond donors (Lipinski definition) is 0. The molecule has 0 unspecified atom stereocenters. The lowest BCUT2D eigenvalue weighted by Gasteiger charge is -2.17. The Labute approximate surface area is 318 Å². The van der Waals surface area contributed by atoms with Crippen molar-refractivity contribution in [3.63, 3.8) is 0 Å². The van der Waals surface area contributed by atoms with Crippen molar-refractivity contribution < 1.29 is 11.0 Å². The van der Waals surface area contributed by atoms with E-state index >= 15 is 0 Å². The van der Waals surface area contributed by atoms with Crippen LogP contribution in [0.2, 0.25) is 0 Å². The lowest BCUT2D eigenvalue weighted by atomic mass is 9.92. The molecule has 8 aromatic carbocycles. The maximum absolute atomic E-state index is 9.20. The highest BCUT2D eigenvalue weighted by Crippen LogP contribution is 2.40. The maximum Gasteiger partial charge on any atom is 0.164 e. The van der Waals surface area contributed by atoms with Gasteiger partial charge in [-0.25, -0.2) is 15.0 Å². The molecule has 4 heteroatoms. The fourth-order valence-electron chi connectivity index (χ4n) is 6.97. The van der Waals surface area contributed by atoms with Gasteiger partial charge in [0.2, 0.25) is 0 Å². The monoisotopic (exact) mass is 684 g/mol. The Kier molecular flexibility index (Phi) is 5.66. The van der Waals surface area contributed by atoms with Crippen LogP contribution in [0.5, 0.6) is 0 Å². The molecule has 0 amide bonds. The standard InChI is InChI=1S/C49H32N4/c1-4-16-33(17-5-1)38-28-39(30-40(29-38)53-45-26-14-12-24-41(45)42-25-13-15-27-46(42)53)43-31-36-22-10-11-23-37(36)32-44(43)49-51-47(34-18-6-2-7-19-34)50-48(52-49)35-20-8-3-9-21-35/h1-32H/i12D,13D,14D,15D,24D,25D,26D,27D. The van der Waals surface area contributed by atoms with Gasteiger partial charge in [0, 0.05) is 33.2 Å². The van der Waals surface area contributed by atoms with Crippen molar-refractivity contribution in [2.24, 2.45) is 0 Å². The molecule has 0 aliphatic heterocycles. The minimum Gasteiger partial charge on any atom is -0.309 e. The van der Waals surface area contributed by atoms with Gasteiger partial charge in [-0.1, -0.05) is 152 Å². The van der Waals surface area contributed by atoms with E-state index in [1.165, 1.54) is 0 Å². The molecule has 0 fully saturated rings.